The van der Waals surface area contributed by atoms with E-state index in [0.717, 1.165) is 30.5 Å². The van der Waals surface area contributed by atoms with E-state index in [1.807, 2.05) is 0 Å². The third-order valence-corrected chi connectivity index (χ3v) is 2.37. The van der Waals surface area contributed by atoms with Gasteiger partial charge in [0.25, 0.3) is 0 Å². The summed E-state index contributed by atoms with van der Waals surface area (Å²) < 4.78 is 0.743. The van der Waals surface area contributed by atoms with Crippen LogP contribution in [-0.2, 0) is 0 Å². The largest absolute Gasteiger partial charge is 0.358 e. The molecule has 1 N–H and O–H groups in total. The Morgan fingerprint density at radius 3 is 2.27 bits per heavy atom. The fourth-order valence-electron chi connectivity index (χ4n) is 1.22. The Balaban J connectivity index is 2.32. The van der Waals surface area contributed by atoms with Crippen LogP contribution >= 0.6 is 24.8 Å². The molecule has 1 aliphatic rings. The molecule has 0 saturated carbocycles. The van der Waals surface area contributed by atoms with Gasteiger partial charge in [-0.05, 0) is 25.9 Å². The fraction of sp³-hybridized carbons (Fsp3) is 0.857. The first-order chi connectivity index (χ1) is 5.30. The summed E-state index contributed by atoms with van der Waals surface area (Å²) in [7, 11) is 0. The molecule has 0 bridgehead atoms. The number of nitrogens with zero attached hydrogens (tertiary/aromatic N) is 1. The van der Waals surface area contributed by atoms with Crippen molar-refractivity contribution >= 4 is 29.2 Å². The Bertz CT molecular complexity index is 130. The third-order valence-electron chi connectivity index (χ3n) is 1.83. The lowest BCUT2D eigenvalue weighted by molar-refractivity contribution is 0.380. The Labute approximate surface area is 78.7 Å². The van der Waals surface area contributed by atoms with Crippen molar-refractivity contribution in [1.82, 2.24) is 10.2 Å². The first-order valence-corrected chi connectivity index (χ1v) is 4.85. The molecule has 2 nitrogen and oxygen atoms in total. The highest BCUT2D eigenvalue weighted by Crippen LogP contribution is 2.01. The number of hydrogen-bond donors (Lipinski definition) is 2. The van der Waals surface area contributed by atoms with Gasteiger partial charge >= 0.3 is 0 Å². The van der Waals surface area contributed by atoms with Crippen LogP contribution in [0.25, 0.3) is 0 Å². The Morgan fingerprint density at radius 2 is 1.82 bits per heavy atom. The quantitative estimate of drug-likeness (QED) is 0.436. The van der Waals surface area contributed by atoms with Crippen molar-refractivity contribution in [3.05, 3.63) is 0 Å². The van der Waals surface area contributed by atoms with Crippen LogP contribution in [0.5, 0.6) is 0 Å². The lowest BCUT2D eigenvalue weighted by Gasteiger charge is -2.24. The molecule has 1 fully saturated rings. The summed E-state index contributed by atoms with van der Waals surface area (Å²) in [6.07, 6.45) is 2.33. The monoisotopic (exact) mass is 190 g/mol. The highest BCUT2D eigenvalue weighted by Gasteiger charge is 2.07. The second kappa shape index (κ2) is 4.95. The normalized spacial score (nSPS) is 20.6. The van der Waals surface area contributed by atoms with Gasteiger partial charge in [0.2, 0.25) is 0 Å². The fourth-order valence-corrected chi connectivity index (χ4v) is 1.60. The number of nitrogens with one attached hydrogen (secondary N) is 1. The molecular formula is C7H14N2S2. The molecule has 64 valence electrons. The molecule has 0 spiro atoms. The predicted molar refractivity (Wildman–Crippen MR) is 55.3 cm³/mol. The van der Waals surface area contributed by atoms with E-state index in [1.54, 1.807) is 0 Å². The van der Waals surface area contributed by atoms with Gasteiger partial charge in [0.05, 0.1) is 0 Å². The lowest BCUT2D eigenvalue weighted by atomic mass is 10.3. The SMILES string of the molecule is S=C(S)N1CCCNCCC1. The van der Waals surface area contributed by atoms with Gasteiger partial charge < -0.3 is 10.2 Å². The molecule has 0 atom stereocenters. The van der Waals surface area contributed by atoms with Crippen LogP contribution in [0.1, 0.15) is 12.8 Å². The Kier molecular flexibility index (Phi) is 4.18. The van der Waals surface area contributed by atoms with Crippen molar-refractivity contribution in [1.29, 1.82) is 0 Å². The van der Waals surface area contributed by atoms with E-state index in [0.29, 0.717) is 0 Å². The first kappa shape index (κ1) is 9.29. The minimum absolute atomic E-state index is 0.743. The van der Waals surface area contributed by atoms with Crippen molar-refractivity contribution in [2.45, 2.75) is 12.8 Å². The van der Waals surface area contributed by atoms with Gasteiger partial charge in [0.1, 0.15) is 4.32 Å². The molecule has 0 radical (unpaired) electrons. The van der Waals surface area contributed by atoms with E-state index in [2.05, 4.69) is 22.8 Å². The lowest BCUT2D eigenvalue weighted by Crippen LogP contribution is -2.35. The van der Waals surface area contributed by atoms with E-state index in [4.69, 9.17) is 12.2 Å². The number of thiocarbonyl (C=S) groups is 1. The Hall–Kier alpha value is 0.200. The molecule has 4 heteroatoms. The highest BCUT2D eigenvalue weighted by molar-refractivity contribution is 8.10. The van der Waals surface area contributed by atoms with Crippen LogP contribution < -0.4 is 5.32 Å². The summed E-state index contributed by atoms with van der Waals surface area (Å²) in [5.74, 6) is 0. The van der Waals surface area contributed by atoms with Crippen molar-refractivity contribution in [2.75, 3.05) is 26.2 Å². The van der Waals surface area contributed by atoms with Gasteiger partial charge in [0.15, 0.2) is 0 Å². The van der Waals surface area contributed by atoms with Gasteiger partial charge in [0, 0.05) is 13.1 Å². The van der Waals surface area contributed by atoms with Crippen LogP contribution in [-0.4, -0.2) is 35.4 Å². The van der Waals surface area contributed by atoms with Gasteiger partial charge in [-0.3, -0.25) is 0 Å². The van der Waals surface area contributed by atoms with Crippen molar-refractivity contribution in [3.8, 4) is 0 Å². The van der Waals surface area contributed by atoms with Crippen LogP contribution in [0.2, 0.25) is 0 Å². The van der Waals surface area contributed by atoms with Gasteiger partial charge in [-0.25, -0.2) is 0 Å². The van der Waals surface area contributed by atoms with E-state index < -0.39 is 0 Å². The second-order valence-electron chi connectivity index (χ2n) is 2.73. The number of rotatable bonds is 0. The molecule has 1 heterocycles. The number of hydrogen-bond acceptors (Lipinski definition) is 2. The van der Waals surface area contributed by atoms with Crippen molar-refractivity contribution in [2.24, 2.45) is 0 Å². The maximum absolute atomic E-state index is 4.99. The second-order valence-corrected chi connectivity index (χ2v) is 3.84. The maximum Gasteiger partial charge on any atom is 0.133 e. The molecule has 0 aromatic rings. The third kappa shape index (κ3) is 3.40. The summed E-state index contributed by atoms with van der Waals surface area (Å²) in [6.45, 7) is 4.31. The zero-order valence-electron chi connectivity index (χ0n) is 6.55. The minimum atomic E-state index is 0.743. The molecule has 0 aromatic heterocycles. The zero-order valence-corrected chi connectivity index (χ0v) is 8.26. The molecule has 0 aromatic carbocycles. The van der Waals surface area contributed by atoms with Crippen molar-refractivity contribution < 1.29 is 0 Å². The molecular weight excluding hydrogens is 176 g/mol. The molecule has 0 aliphatic carbocycles. The van der Waals surface area contributed by atoms with Crippen LogP contribution in [0.3, 0.4) is 0 Å². The minimum Gasteiger partial charge on any atom is -0.358 e. The highest BCUT2D eigenvalue weighted by atomic mass is 32.1. The number of thiol groups is 1. The van der Waals surface area contributed by atoms with Crippen LogP contribution in [0, 0.1) is 0 Å². The molecule has 1 rings (SSSR count). The average molecular weight is 190 g/mol. The van der Waals surface area contributed by atoms with Crippen molar-refractivity contribution in [3.63, 3.8) is 0 Å². The van der Waals surface area contributed by atoms with Gasteiger partial charge in [-0.1, -0.05) is 12.2 Å². The summed E-state index contributed by atoms with van der Waals surface area (Å²) >= 11 is 9.15. The van der Waals surface area contributed by atoms with Gasteiger partial charge in [-0.2, -0.15) is 0 Å². The van der Waals surface area contributed by atoms with Crippen LogP contribution in [0.15, 0.2) is 0 Å². The molecule has 11 heavy (non-hydrogen) atoms. The van der Waals surface area contributed by atoms with E-state index in [-0.39, 0.29) is 0 Å². The Morgan fingerprint density at radius 1 is 1.27 bits per heavy atom. The van der Waals surface area contributed by atoms with Crippen LogP contribution in [0.4, 0.5) is 0 Å². The van der Waals surface area contributed by atoms with E-state index >= 15 is 0 Å². The molecule has 1 saturated heterocycles. The first-order valence-electron chi connectivity index (χ1n) is 3.99. The van der Waals surface area contributed by atoms with Gasteiger partial charge in [-0.15, -0.1) is 12.6 Å². The van der Waals surface area contributed by atoms with E-state index in [1.165, 1.54) is 12.8 Å². The standard InChI is InChI=1S/C7H14N2S2/c10-7(11)9-5-1-3-8-4-2-6-9/h8H,1-6H2,(H,10,11). The smallest absolute Gasteiger partial charge is 0.133 e. The average Bonchev–Trinajstić information content (AvgIpc) is 1.84. The summed E-state index contributed by atoms with van der Waals surface area (Å²) in [6, 6.07) is 0. The molecule has 1 aliphatic heterocycles. The molecule has 0 amide bonds. The summed E-state index contributed by atoms with van der Waals surface area (Å²) in [4.78, 5) is 2.17. The zero-order chi connectivity index (χ0) is 8.10. The predicted octanol–water partition coefficient (Wildman–Crippen LogP) is 0.886. The topological polar surface area (TPSA) is 15.3 Å². The summed E-state index contributed by atoms with van der Waals surface area (Å²) in [5.41, 5.74) is 0. The van der Waals surface area contributed by atoms with E-state index in [9.17, 15) is 0 Å². The maximum atomic E-state index is 4.99. The molecule has 0 unspecified atom stereocenters. The summed E-state index contributed by atoms with van der Waals surface area (Å²) in [5, 5.41) is 3.35.